The normalized spacial score (nSPS) is 11.6. The van der Waals surface area contributed by atoms with Gasteiger partial charge >= 0.3 is 0 Å². The smallest absolute Gasteiger partial charge is 0.225 e. The predicted molar refractivity (Wildman–Crippen MR) is 101 cm³/mol. The molecule has 0 atom stereocenters. The third-order valence-corrected chi connectivity index (χ3v) is 5.98. The van der Waals surface area contributed by atoms with Crippen LogP contribution < -0.4 is 5.14 Å². The van der Waals surface area contributed by atoms with E-state index in [-0.39, 0.29) is 10.7 Å². The van der Waals surface area contributed by atoms with Crippen LogP contribution in [0.5, 0.6) is 0 Å². The van der Waals surface area contributed by atoms with E-state index in [9.17, 15) is 12.8 Å². The summed E-state index contributed by atoms with van der Waals surface area (Å²) in [6, 6.07) is 13.0. The molecule has 1 aromatic heterocycles. The summed E-state index contributed by atoms with van der Waals surface area (Å²) in [5, 5.41) is 7.35. The zero-order valence-corrected chi connectivity index (χ0v) is 15.3. The van der Waals surface area contributed by atoms with Crippen LogP contribution in [0.4, 0.5) is 4.39 Å². The zero-order chi connectivity index (χ0) is 18.0. The first-order chi connectivity index (χ1) is 11.9. The largest absolute Gasteiger partial charge is 0.238 e. The number of nitrogens with two attached hydrogens (primary N) is 1. The van der Waals surface area contributed by atoms with Gasteiger partial charge in [0.15, 0.2) is 0 Å². The lowest BCUT2D eigenvalue weighted by molar-refractivity contribution is 0.598. The van der Waals surface area contributed by atoms with E-state index in [2.05, 4.69) is 6.92 Å². The molecule has 0 saturated heterocycles. The van der Waals surface area contributed by atoms with E-state index in [0.29, 0.717) is 5.56 Å². The van der Waals surface area contributed by atoms with Gasteiger partial charge in [-0.2, -0.15) is 0 Å². The summed E-state index contributed by atoms with van der Waals surface area (Å²) in [6.45, 7) is 2.09. The summed E-state index contributed by atoms with van der Waals surface area (Å²) in [5.41, 5.74) is 3.20. The van der Waals surface area contributed by atoms with Crippen LogP contribution in [0.2, 0.25) is 0 Å². The van der Waals surface area contributed by atoms with Crippen LogP contribution in [0.3, 0.4) is 0 Å². The number of aryl methyl sites for hydroxylation is 1. The van der Waals surface area contributed by atoms with Crippen molar-refractivity contribution in [3.8, 4) is 22.3 Å². The quantitative estimate of drug-likeness (QED) is 0.695. The molecule has 6 heteroatoms. The minimum Gasteiger partial charge on any atom is -0.225 e. The standard InChI is InChI=1S/C19H18FNO2S2/c1-2-5-17-19(13-8-10-14(20)11-9-13)16(12-24-17)15-6-3-4-7-18(15)25(21,22)23/h3-4,6-12H,2,5H2,1H3,(H2,21,22,23). The van der Waals surface area contributed by atoms with Crippen LogP contribution in [-0.2, 0) is 16.4 Å². The summed E-state index contributed by atoms with van der Waals surface area (Å²) in [4.78, 5) is 1.24. The Balaban J connectivity index is 2.27. The molecule has 2 aromatic carbocycles. The van der Waals surface area contributed by atoms with Crippen molar-refractivity contribution < 1.29 is 12.8 Å². The van der Waals surface area contributed by atoms with Gasteiger partial charge in [-0.15, -0.1) is 11.3 Å². The topological polar surface area (TPSA) is 60.2 Å². The first-order valence-electron chi connectivity index (χ1n) is 7.90. The molecule has 3 nitrogen and oxygen atoms in total. The van der Waals surface area contributed by atoms with Gasteiger partial charge < -0.3 is 0 Å². The lowest BCUT2D eigenvalue weighted by Crippen LogP contribution is -2.13. The highest BCUT2D eigenvalue weighted by Gasteiger charge is 2.20. The molecular weight excluding hydrogens is 357 g/mol. The second-order valence-corrected chi connectivity index (χ2v) is 8.24. The Morgan fingerprint density at radius 3 is 2.36 bits per heavy atom. The summed E-state index contributed by atoms with van der Waals surface area (Å²) in [7, 11) is -3.85. The molecule has 2 N–H and O–H groups in total. The molecule has 0 unspecified atom stereocenters. The highest BCUT2D eigenvalue weighted by atomic mass is 32.2. The highest BCUT2D eigenvalue weighted by Crippen LogP contribution is 2.42. The fourth-order valence-electron chi connectivity index (χ4n) is 2.88. The van der Waals surface area contributed by atoms with Gasteiger partial charge in [-0.25, -0.2) is 17.9 Å². The van der Waals surface area contributed by atoms with E-state index in [1.165, 1.54) is 18.2 Å². The highest BCUT2D eigenvalue weighted by molar-refractivity contribution is 7.89. The first-order valence-corrected chi connectivity index (χ1v) is 10.3. The maximum atomic E-state index is 13.3. The third kappa shape index (κ3) is 3.66. The molecule has 0 bridgehead atoms. The number of rotatable bonds is 5. The van der Waals surface area contributed by atoms with E-state index in [0.717, 1.165) is 34.4 Å². The number of thiophene rings is 1. The molecule has 0 aliphatic rings. The summed E-state index contributed by atoms with van der Waals surface area (Å²) >= 11 is 1.58. The van der Waals surface area contributed by atoms with Crippen molar-refractivity contribution in [3.05, 3.63) is 64.6 Å². The van der Waals surface area contributed by atoms with Crippen molar-refractivity contribution in [2.75, 3.05) is 0 Å². The molecule has 0 fully saturated rings. The molecule has 0 saturated carbocycles. The number of hydrogen-bond acceptors (Lipinski definition) is 3. The van der Waals surface area contributed by atoms with Gasteiger partial charge in [-0.05, 0) is 35.6 Å². The number of hydrogen-bond donors (Lipinski definition) is 1. The Kier molecular flexibility index (Phi) is 5.03. The van der Waals surface area contributed by atoms with Crippen LogP contribution in [-0.4, -0.2) is 8.42 Å². The molecule has 0 amide bonds. The van der Waals surface area contributed by atoms with E-state index in [1.54, 1.807) is 41.7 Å². The van der Waals surface area contributed by atoms with Gasteiger partial charge in [-0.3, -0.25) is 0 Å². The Morgan fingerprint density at radius 1 is 1.04 bits per heavy atom. The van der Waals surface area contributed by atoms with E-state index >= 15 is 0 Å². The minimum absolute atomic E-state index is 0.0965. The van der Waals surface area contributed by atoms with Crippen molar-refractivity contribution >= 4 is 21.4 Å². The van der Waals surface area contributed by atoms with Crippen molar-refractivity contribution in [1.82, 2.24) is 0 Å². The maximum Gasteiger partial charge on any atom is 0.238 e. The molecule has 0 aliphatic carbocycles. The van der Waals surface area contributed by atoms with Gasteiger partial charge in [0.25, 0.3) is 0 Å². The molecular formula is C19H18FNO2S2. The van der Waals surface area contributed by atoms with Gasteiger partial charge in [0.05, 0.1) is 4.90 Å². The predicted octanol–water partition coefficient (Wildman–Crippen LogP) is 4.82. The summed E-state index contributed by atoms with van der Waals surface area (Å²) < 4.78 is 37.3. The number of halogens is 1. The average Bonchev–Trinajstić information content (AvgIpc) is 2.99. The van der Waals surface area contributed by atoms with Crippen LogP contribution >= 0.6 is 11.3 Å². The van der Waals surface area contributed by atoms with Crippen molar-refractivity contribution in [2.24, 2.45) is 5.14 Å². The Hall–Kier alpha value is -2.02. The van der Waals surface area contributed by atoms with Crippen LogP contribution in [0.25, 0.3) is 22.3 Å². The van der Waals surface area contributed by atoms with Crippen LogP contribution in [0.15, 0.2) is 58.8 Å². The molecule has 1 heterocycles. The lowest BCUT2D eigenvalue weighted by atomic mass is 9.95. The van der Waals surface area contributed by atoms with E-state index in [1.807, 2.05) is 5.38 Å². The van der Waals surface area contributed by atoms with Crippen molar-refractivity contribution in [1.29, 1.82) is 0 Å². The van der Waals surface area contributed by atoms with Crippen LogP contribution in [0.1, 0.15) is 18.2 Å². The molecule has 0 aliphatic heterocycles. The summed E-state index contributed by atoms with van der Waals surface area (Å²) in [5.74, 6) is -0.303. The second kappa shape index (κ2) is 7.07. The third-order valence-electron chi connectivity index (χ3n) is 3.96. The fraction of sp³-hybridized carbons (Fsp3) is 0.158. The molecule has 130 valence electrons. The van der Waals surface area contributed by atoms with Crippen molar-refractivity contribution in [2.45, 2.75) is 24.7 Å². The number of benzene rings is 2. The lowest BCUT2D eigenvalue weighted by Gasteiger charge is -2.11. The number of sulfonamides is 1. The van der Waals surface area contributed by atoms with E-state index in [4.69, 9.17) is 5.14 Å². The van der Waals surface area contributed by atoms with Crippen molar-refractivity contribution in [3.63, 3.8) is 0 Å². The van der Waals surface area contributed by atoms with E-state index < -0.39 is 10.0 Å². The molecule has 0 spiro atoms. The van der Waals surface area contributed by atoms with Gasteiger partial charge in [-0.1, -0.05) is 43.7 Å². The summed E-state index contributed by atoms with van der Waals surface area (Å²) in [6.07, 6.45) is 1.83. The maximum absolute atomic E-state index is 13.3. The first kappa shape index (κ1) is 17.8. The monoisotopic (exact) mass is 375 g/mol. The van der Waals surface area contributed by atoms with Gasteiger partial charge in [0.1, 0.15) is 5.82 Å². The Morgan fingerprint density at radius 2 is 1.72 bits per heavy atom. The zero-order valence-electron chi connectivity index (χ0n) is 13.7. The molecule has 0 radical (unpaired) electrons. The minimum atomic E-state index is -3.85. The SMILES string of the molecule is CCCc1scc(-c2ccccc2S(N)(=O)=O)c1-c1ccc(F)cc1. The Labute approximate surface area is 151 Å². The van der Waals surface area contributed by atoms with Crippen LogP contribution in [0, 0.1) is 5.82 Å². The average molecular weight is 375 g/mol. The fourth-order valence-corrected chi connectivity index (χ4v) is 4.80. The second-order valence-electron chi connectivity index (χ2n) is 5.75. The number of primary sulfonamides is 1. The van der Waals surface area contributed by atoms with Gasteiger partial charge in [0.2, 0.25) is 10.0 Å². The molecule has 25 heavy (non-hydrogen) atoms. The molecule has 3 aromatic rings. The molecule has 3 rings (SSSR count). The van der Waals surface area contributed by atoms with Gasteiger partial charge in [0, 0.05) is 21.6 Å². The Bertz CT molecular complexity index is 993.